The Bertz CT molecular complexity index is 389. The van der Waals surface area contributed by atoms with E-state index in [9.17, 15) is 0 Å². The second-order valence-electron chi connectivity index (χ2n) is 5.83. The van der Waals surface area contributed by atoms with E-state index in [0.717, 1.165) is 39.3 Å². The summed E-state index contributed by atoms with van der Waals surface area (Å²) in [6, 6.07) is 8.65. The number of likely N-dealkylation sites (tertiary alicyclic amines) is 1. The van der Waals surface area contributed by atoms with E-state index in [2.05, 4.69) is 41.4 Å². The molecule has 1 aromatic rings. The molecule has 1 saturated heterocycles. The van der Waals surface area contributed by atoms with Crippen LogP contribution < -0.4 is 5.32 Å². The van der Waals surface area contributed by atoms with Crippen LogP contribution in [0.3, 0.4) is 0 Å². The van der Waals surface area contributed by atoms with Gasteiger partial charge in [-0.3, -0.25) is 0 Å². The molecule has 0 saturated carbocycles. The predicted molar refractivity (Wildman–Crippen MR) is 88.6 cm³/mol. The number of nitrogens with one attached hydrogen (secondary N) is 1. The highest BCUT2D eigenvalue weighted by atomic mass is 16.5. The fraction of sp³-hybridized carbons (Fsp3) is 0.667. The Kier molecular flexibility index (Phi) is 7.79. The first-order valence-electron chi connectivity index (χ1n) is 8.47. The Labute approximate surface area is 129 Å². The van der Waals surface area contributed by atoms with Gasteiger partial charge in [-0.05, 0) is 56.6 Å². The van der Waals surface area contributed by atoms with Gasteiger partial charge in [0.15, 0.2) is 0 Å². The smallest absolute Gasteiger partial charge is 0.0720 e. The maximum atomic E-state index is 5.91. The molecule has 1 aromatic carbocycles. The second kappa shape index (κ2) is 9.93. The zero-order valence-electron chi connectivity index (χ0n) is 13.4. The van der Waals surface area contributed by atoms with Gasteiger partial charge in [0.05, 0.1) is 13.2 Å². The number of benzene rings is 1. The highest BCUT2D eigenvalue weighted by molar-refractivity contribution is 5.26. The lowest BCUT2D eigenvalue weighted by atomic mass is 10.1. The molecule has 3 heteroatoms. The number of likely N-dealkylation sites (N-methyl/N-ethyl adjacent to an activating group) is 1. The summed E-state index contributed by atoms with van der Waals surface area (Å²) in [5, 5.41) is 3.39. The molecular formula is C18H30N2O. The van der Waals surface area contributed by atoms with Crippen LogP contribution in [0, 0.1) is 0 Å². The molecule has 0 aromatic heterocycles. The maximum absolute atomic E-state index is 5.91. The first kappa shape index (κ1) is 16.5. The van der Waals surface area contributed by atoms with Crippen molar-refractivity contribution >= 4 is 0 Å². The fourth-order valence-electron chi connectivity index (χ4n) is 2.90. The van der Waals surface area contributed by atoms with Crippen LogP contribution >= 0.6 is 0 Å². The summed E-state index contributed by atoms with van der Waals surface area (Å²) >= 11 is 0. The normalized spacial score (nSPS) is 16.2. The second-order valence-corrected chi connectivity index (χ2v) is 5.83. The van der Waals surface area contributed by atoms with Gasteiger partial charge in [-0.15, -0.1) is 0 Å². The number of nitrogens with zero attached hydrogens (tertiary/aromatic N) is 1. The van der Waals surface area contributed by atoms with Crippen molar-refractivity contribution in [3.8, 4) is 0 Å². The monoisotopic (exact) mass is 290 g/mol. The molecule has 0 unspecified atom stereocenters. The molecule has 0 aliphatic carbocycles. The van der Waals surface area contributed by atoms with Gasteiger partial charge in [0.25, 0.3) is 0 Å². The first-order valence-corrected chi connectivity index (χ1v) is 8.47. The molecule has 1 fully saturated rings. The van der Waals surface area contributed by atoms with Crippen LogP contribution in [0.1, 0.15) is 37.3 Å². The van der Waals surface area contributed by atoms with Crippen LogP contribution in [0.4, 0.5) is 0 Å². The van der Waals surface area contributed by atoms with Gasteiger partial charge in [-0.25, -0.2) is 0 Å². The number of hydrogen-bond donors (Lipinski definition) is 1. The molecule has 0 amide bonds. The van der Waals surface area contributed by atoms with Gasteiger partial charge in [0.1, 0.15) is 0 Å². The van der Waals surface area contributed by atoms with Crippen molar-refractivity contribution in [2.45, 2.75) is 39.2 Å². The highest BCUT2D eigenvalue weighted by Crippen LogP contribution is 2.11. The molecule has 21 heavy (non-hydrogen) atoms. The fourth-order valence-corrected chi connectivity index (χ4v) is 2.90. The molecule has 1 N–H and O–H groups in total. The number of piperidine rings is 1. The molecule has 118 valence electrons. The van der Waals surface area contributed by atoms with Crippen LogP contribution in [0.15, 0.2) is 24.3 Å². The minimum absolute atomic E-state index is 0.746. The topological polar surface area (TPSA) is 24.5 Å². The highest BCUT2D eigenvalue weighted by Gasteiger charge is 2.09. The van der Waals surface area contributed by atoms with Crippen LogP contribution in [-0.2, 0) is 17.8 Å². The minimum Gasteiger partial charge on any atom is -0.375 e. The Hall–Kier alpha value is -0.900. The van der Waals surface area contributed by atoms with E-state index >= 15 is 0 Å². The van der Waals surface area contributed by atoms with Crippen molar-refractivity contribution in [2.75, 3.05) is 39.3 Å². The zero-order valence-corrected chi connectivity index (χ0v) is 13.4. The van der Waals surface area contributed by atoms with Crippen molar-refractivity contribution in [2.24, 2.45) is 0 Å². The molecule has 1 heterocycles. The summed E-state index contributed by atoms with van der Waals surface area (Å²) in [5.41, 5.74) is 2.76. The minimum atomic E-state index is 0.746. The van der Waals surface area contributed by atoms with Crippen LogP contribution in [0.2, 0.25) is 0 Å². The third-order valence-electron chi connectivity index (χ3n) is 4.20. The summed E-state index contributed by atoms with van der Waals surface area (Å²) in [4.78, 5) is 2.53. The number of rotatable bonds is 9. The molecule has 1 aliphatic heterocycles. The van der Waals surface area contributed by atoms with Crippen LogP contribution in [0.5, 0.6) is 0 Å². The molecule has 2 rings (SSSR count). The van der Waals surface area contributed by atoms with Gasteiger partial charge >= 0.3 is 0 Å². The van der Waals surface area contributed by atoms with Gasteiger partial charge in [0, 0.05) is 6.54 Å². The average Bonchev–Trinajstić information content (AvgIpc) is 2.54. The lowest BCUT2D eigenvalue weighted by Crippen LogP contribution is -2.32. The van der Waals surface area contributed by atoms with E-state index in [4.69, 9.17) is 4.74 Å². The van der Waals surface area contributed by atoms with Crippen molar-refractivity contribution in [3.05, 3.63) is 35.4 Å². The standard InChI is InChI=1S/C18H30N2O/c1-2-19-11-10-17-8-4-5-9-18(17)16-21-15-14-20-12-6-3-7-13-20/h4-5,8-9,19H,2-3,6-7,10-16H2,1H3. The average molecular weight is 290 g/mol. The Morgan fingerprint density at radius 1 is 1.10 bits per heavy atom. The summed E-state index contributed by atoms with van der Waals surface area (Å²) in [6.07, 6.45) is 5.19. The van der Waals surface area contributed by atoms with Crippen molar-refractivity contribution in [3.63, 3.8) is 0 Å². The molecule has 1 aliphatic rings. The first-order chi connectivity index (χ1) is 10.4. The Morgan fingerprint density at radius 2 is 1.86 bits per heavy atom. The molecular weight excluding hydrogens is 260 g/mol. The number of hydrogen-bond acceptors (Lipinski definition) is 3. The Morgan fingerprint density at radius 3 is 2.62 bits per heavy atom. The van der Waals surface area contributed by atoms with Crippen molar-refractivity contribution in [1.29, 1.82) is 0 Å². The molecule has 0 atom stereocenters. The van der Waals surface area contributed by atoms with Crippen molar-refractivity contribution in [1.82, 2.24) is 10.2 Å². The van der Waals surface area contributed by atoms with E-state index in [-0.39, 0.29) is 0 Å². The van der Waals surface area contributed by atoms with Gasteiger partial charge < -0.3 is 15.0 Å². The Balaban J connectivity index is 1.69. The quantitative estimate of drug-likeness (QED) is 0.708. The van der Waals surface area contributed by atoms with E-state index in [0.29, 0.717) is 0 Å². The molecule has 0 spiro atoms. The lowest BCUT2D eigenvalue weighted by Gasteiger charge is -2.26. The molecule has 3 nitrogen and oxygen atoms in total. The predicted octanol–water partition coefficient (Wildman–Crippen LogP) is 2.84. The van der Waals surface area contributed by atoms with Gasteiger partial charge in [-0.1, -0.05) is 37.6 Å². The maximum Gasteiger partial charge on any atom is 0.0720 e. The van der Waals surface area contributed by atoms with Crippen LogP contribution in [-0.4, -0.2) is 44.2 Å². The van der Waals surface area contributed by atoms with Gasteiger partial charge in [0.2, 0.25) is 0 Å². The van der Waals surface area contributed by atoms with Gasteiger partial charge in [-0.2, -0.15) is 0 Å². The van der Waals surface area contributed by atoms with Crippen molar-refractivity contribution < 1.29 is 4.74 Å². The third-order valence-corrected chi connectivity index (χ3v) is 4.20. The summed E-state index contributed by atoms with van der Waals surface area (Å²) in [7, 11) is 0. The zero-order chi connectivity index (χ0) is 14.8. The lowest BCUT2D eigenvalue weighted by molar-refractivity contribution is 0.0859. The molecule has 0 radical (unpaired) electrons. The molecule has 0 bridgehead atoms. The van der Waals surface area contributed by atoms with E-state index in [1.807, 2.05) is 0 Å². The largest absolute Gasteiger partial charge is 0.375 e. The van der Waals surface area contributed by atoms with E-state index in [1.54, 1.807) is 0 Å². The summed E-state index contributed by atoms with van der Waals surface area (Å²) in [6.45, 7) is 9.41. The summed E-state index contributed by atoms with van der Waals surface area (Å²) < 4.78 is 5.91. The number of ether oxygens (including phenoxy) is 1. The van der Waals surface area contributed by atoms with E-state index < -0.39 is 0 Å². The summed E-state index contributed by atoms with van der Waals surface area (Å²) in [5.74, 6) is 0. The third kappa shape index (κ3) is 6.16. The van der Waals surface area contributed by atoms with Crippen LogP contribution in [0.25, 0.3) is 0 Å². The van der Waals surface area contributed by atoms with E-state index in [1.165, 1.54) is 43.5 Å². The SMILES string of the molecule is CCNCCc1ccccc1COCCN1CCCCC1.